The Kier molecular flexibility index (Phi) is 5.65. The van der Waals surface area contributed by atoms with Gasteiger partial charge in [0.1, 0.15) is 17.1 Å². The highest BCUT2D eigenvalue weighted by atomic mass is 16.3. The minimum atomic E-state index is -0.194. The zero-order valence-electron chi connectivity index (χ0n) is 18.4. The molecule has 3 heterocycles. The molecule has 0 bridgehead atoms. The van der Waals surface area contributed by atoms with E-state index in [4.69, 9.17) is 4.42 Å². The van der Waals surface area contributed by atoms with Crippen molar-refractivity contribution in [1.29, 1.82) is 0 Å². The number of hydrogen-bond acceptors (Lipinski definition) is 7. The Morgan fingerprint density at radius 3 is 2.91 bits per heavy atom. The molecular weight excluding hydrogens is 432 g/mol. The molecule has 5 aromatic rings. The van der Waals surface area contributed by atoms with Crippen molar-refractivity contribution < 1.29 is 14.3 Å². The zero-order chi connectivity index (χ0) is 23.5. The molecule has 0 spiro atoms. The Bertz CT molecular complexity index is 1470. The fourth-order valence-corrected chi connectivity index (χ4v) is 3.62. The number of phenolic OH excluding ortho intramolecular Hbond substituents is 1. The van der Waals surface area contributed by atoms with Gasteiger partial charge in [0.25, 0.3) is 5.91 Å². The number of nitrogens with one attached hydrogen (secondary N) is 2. The number of para-hydroxylation sites is 1. The lowest BCUT2D eigenvalue weighted by molar-refractivity contribution is 0.0954. The Morgan fingerprint density at radius 2 is 2.03 bits per heavy atom. The van der Waals surface area contributed by atoms with Crippen molar-refractivity contribution in [1.82, 2.24) is 24.8 Å². The third-order valence-electron chi connectivity index (χ3n) is 5.40. The van der Waals surface area contributed by atoms with Gasteiger partial charge in [0.2, 0.25) is 5.95 Å². The Balaban J connectivity index is 1.28. The number of anilines is 2. The molecule has 0 radical (unpaired) electrons. The van der Waals surface area contributed by atoms with E-state index in [1.165, 1.54) is 6.39 Å². The van der Waals surface area contributed by atoms with Gasteiger partial charge in [0.15, 0.2) is 12.0 Å². The maximum Gasteiger partial charge on any atom is 0.252 e. The predicted molar refractivity (Wildman–Crippen MR) is 128 cm³/mol. The molecule has 0 saturated heterocycles. The Morgan fingerprint density at radius 1 is 1.15 bits per heavy atom. The summed E-state index contributed by atoms with van der Waals surface area (Å²) in [7, 11) is 0. The van der Waals surface area contributed by atoms with Crippen LogP contribution >= 0.6 is 0 Å². The lowest BCUT2D eigenvalue weighted by Crippen LogP contribution is -2.25. The van der Waals surface area contributed by atoms with Crippen LogP contribution in [0.25, 0.3) is 16.9 Å². The van der Waals surface area contributed by atoms with Crippen LogP contribution in [0.5, 0.6) is 5.75 Å². The van der Waals surface area contributed by atoms with Crippen LogP contribution in [0.1, 0.15) is 21.5 Å². The summed E-state index contributed by atoms with van der Waals surface area (Å²) in [6.07, 6.45) is 7.19. The standard InChI is InChI=1S/C25H22N6O3/c1-16-13-27-25(29-19-6-7-22-20(12-19)28-15-34-22)30-23(16)31-11-9-18(14-31)24(33)26-10-8-17-4-2-3-5-21(17)32/h2-7,9,11-15,32H,8,10H2,1H3,(H,26,33)(H,27,29,30). The molecule has 34 heavy (non-hydrogen) atoms. The number of benzene rings is 2. The topological polar surface area (TPSA) is 118 Å². The van der Waals surface area contributed by atoms with Crippen LogP contribution in [-0.2, 0) is 6.42 Å². The third-order valence-corrected chi connectivity index (χ3v) is 5.40. The van der Waals surface area contributed by atoms with Crippen molar-refractivity contribution in [3.63, 3.8) is 0 Å². The smallest absolute Gasteiger partial charge is 0.252 e. The van der Waals surface area contributed by atoms with E-state index in [0.29, 0.717) is 35.9 Å². The van der Waals surface area contributed by atoms with E-state index in [2.05, 4.69) is 25.6 Å². The third kappa shape index (κ3) is 4.44. The minimum Gasteiger partial charge on any atom is -0.508 e. The number of amides is 1. The molecule has 1 amide bonds. The lowest BCUT2D eigenvalue weighted by atomic mass is 10.1. The number of carbonyl (C=O) groups is 1. The molecule has 0 aliphatic rings. The summed E-state index contributed by atoms with van der Waals surface area (Å²) in [6, 6.07) is 14.4. The van der Waals surface area contributed by atoms with E-state index < -0.39 is 0 Å². The van der Waals surface area contributed by atoms with Crippen molar-refractivity contribution in [3.05, 3.63) is 90.2 Å². The fraction of sp³-hybridized carbons (Fsp3) is 0.120. The second-order valence-electron chi connectivity index (χ2n) is 7.80. The van der Waals surface area contributed by atoms with Crippen molar-refractivity contribution in [3.8, 4) is 11.6 Å². The van der Waals surface area contributed by atoms with Gasteiger partial charge in [-0.1, -0.05) is 18.2 Å². The predicted octanol–water partition coefficient (Wildman–Crippen LogP) is 4.14. The fourth-order valence-electron chi connectivity index (χ4n) is 3.62. The van der Waals surface area contributed by atoms with E-state index in [1.807, 2.05) is 37.3 Å². The van der Waals surface area contributed by atoms with Crippen LogP contribution in [0.4, 0.5) is 11.6 Å². The van der Waals surface area contributed by atoms with Gasteiger partial charge >= 0.3 is 0 Å². The van der Waals surface area contributed by atoms with Gasteiger partial charge in [-0.15, -0.1) is 0 Å². The first-order chi connectivity index (χ1) is 16.6. The monoisotopic (exact) mass is 454 g/mol. The summed E-state index contributed by atoms with van der Waals surface area (Å²) >= 11 is 0. The van der Waals surface area contributed by atoms with Crippen molar-refractivity contribution in [2.75, 3.05) is 11.9 Å². The van der Waals surface area contributed by atoms with Crippen LogP contribution < -0.4 is 10.6 Å². The highest BCUT2D eigenvalue weighted by Crippen LogP contribution is 2.21. The second kappa shape index (κ2) is 9.07. The summed E-state index contributed by atoms with van der Waals surface area (Å²) in [5.74, 6) is 1.12. The van der Waals surface area contributed by atoms with Gasteiger partial charge in [-0.05, 0) is 49.2 Å². The SMILES string of the molecule is Cc1cnc(Nc2ccc3ocnc3c2)nc1-n1ccc(C(=O)NCCc2ccccc2O)c1. The van der Waals surface area contributed by atoms with Crippen LogP contribution in [0.3, 0.4) is 0 Å². The number of fused-ring (bicyclic) bond motifs is 1. The normalized spacial score (nSPS) is 11.0. The van der Waals surface area contributed by atoms with E-state index in [1.54, 1.807) is 41.4 Å². The van der Waals surface area contributed by atoms with E-state index in [-0.39, 0.29) is 11.7 Å². The molecule has 0 unspecified atom stereocenters. The van der Waals surface area contributed by atoms with Crippen molar-refractivity contribution >= 4 is 28.6 Å². The molecule has 0 atom stereocenters. The van der Waals surface area contributed by atoms with E-state index in [9.17, 15) is 9.90 Å². The lowest BCUT2D eigenvalue weighted by Gasteiger charge is -2.10. The van der Waals surface area contributed by atoms with E-state index in [0.717, 1.165) is 22.3 Å². The number of oxazole rings is 1. The molecule has 5 rings (SSSR count). The number of phenols is 1. The first kappa shape index (κ1) is 21.2. The van der Waals surface area contributed by atoms with Crippen LogP contribution in [0, 0.1) is 6.92 Å². The molecule has 9 nitrogen and oxygen atoms in total. The maximum absolute atomic E-state index is 12.6. The quantitative estimate of drug-likeness (QED) is 0.338. The summed E-state index contributed by atoms with van der Waals surface area (Å²) in [5.41, 5.74) is 4.39. The summed E-state index contributed by atoms with van der Waals surface area (Å²) in [6.45, 7) is 2.32. The van der Waals surface area contributed by atoms with Crippen molar-refractivity contribution in [2.24, 2.45) is 0 Å². The Labute approximate surface area is 195 Å². The van der Waals surface area contributed by atoms with Gasteiger partial charge in [0.05, 0.1) is 5.56 Å². The van der Waals surface area contributed by atoms with E-state index >= 15 is 0 Å². The van der Waals surface area contributed by atoms with Crippen LogP contribution in [-0.4, -0.2) is 37.1 Å². The molecule has 3 N–H and O–H groups in total. The molecule has 0 fully saturated rings. The molecule has 0 aliphatic carbocycles. The highest BCUT2D eigenvalue weighted by Gasteiger charge is 2.12. The first-order valence-corrected chi connectivity index (χ1v) is 10.7. The highest BCUT2D eigenvalue weighted by molar-refractivity contribution is 5.94. The van der Waals surface area contributed by atoms with Gasteiger partial charge < -0.3 is 24.7 Å². The maximum atomic E-state index is 12.6. The van der Waals surface area contributed by atoms with Crippen LogP contribution in [0.15, 0.2) is 77.9 Å². The molecule has 9 heteroatoms. The molecular formula is C25H22N6O3. The average molecular weight is 454 g/mol. The van der Waals surface area contributed by atoms with Gasteiger partial charge in [-0.3, -0.25) is 4.79 Å². The van der Waals surface area contributed by atoms with Crippen LogP contribution in [0.2, 0.25) is 0 Å². The van der Waals surface area contributed by atoms with Gasteiger partial charge in [0, 0.05) is 36.4 Å². The number of carbonyl (C=O) groups excluding carboxylic acids is 1. The molecule has 170 valence electrons. The number of aryl methyl sites for hydroxylation is 1. The number of aromatic hydroxyl groups is 1. The molecule has 0 saturated carbocycles. The van der Waals surface area contributed by atoms with Crippen molar-refractivity contribution in [2.45, 2.75) is 13.3 Å². The minimum absolute atomic E-state index is 0.194. The van der Waals surface area contributed by atoms with Gasteiger partial charge in [-0.2, -0.15) is 4.98 Å². The first-order valence-electron chi connectivity index (χ1n) is 10.7. The largest absolute Gasteiger partial charge is 0.508 e. The number of hydrogen-bond donors (Lipinski definition) is 3. The van der Waals surface area contributed by atoms with Gasteiger partial charge in [-0.25, -0.2) is 9.97 Å². The summed E-state index contributed by atoms with van der Waals surface area (Å²) in [4.78, 5) is 25.8. The average Bonchev–Trinajstić information content (AvgIpc) is 3.51. The number of nitrogens with zero attached hydrogens (tertiary/aromatic N) is 4. The second-order valence-corrected chi connectivity index (χ2v) is 7.80. The summed E-state index contributed by atoms with van der Waals surface area (Å²) < 4.78 is 7.06. The molecule has 3 aromatic heterocycles. The Hall–Kier alpha value is -4.66. The molecule has 2 aromatic carbocycles. The molecule has 0 aliphatic heterocycles. The summed E-state index contributed by atoms with van der Waals surface area (Å²) in [5, 5.41) is 15.9. The number of aromatic nitrogens is 4. The number of rotatable bonds is 7. The zero-order valence-corrected chi connectivity index (χ0v) is 18.4.